The molecule has 1 aromatic heterocycles. The molecule has 0 aliphatic rings. The Morgan fingerprint density at radius 2 is 2.44 bits per heavy atom. The van der Waals surface area contributed by atoms with E-state index in [2.05, 4.69) is 16.2 Å². The summed E-state index contributed by atoms with van der Waals surface area (Å²) in [4.78, 5) is 25.5. The molecule has 0 bridgehead atoms. The van der Waals surface area contributed by atoms with Crippen molar-refractivity contribution in [2.75, 3.05) is 18.1 Å². The second-order valence-corrected chi connectivity index (χ2v) is 4.04. The van der Waals surface area contributed by atoms with E-state index in [9.17, 15) is 9.59 Å². The van der Waals surface area contributed by atoms with Gasteiger partial charge in [0.1, 0.15) is 5.56 Å². The third-order valence-corrected chi connectivity index (χ3v) is 2.65. The largest absolute Gasteiger partial charge is 0.367 e. The Kier molecular flexibility index (Phi) is 5.23. The lowest BCUT2D eigenvalue weighted by Crippen LogP contribution is -2.30. The highest BCUT2D eigenvalue weighted by atomic mass is 32.2. The van der Waals surface area contributed by atoms with Crippen LogP contribution in [0.5, 0.6) is 0 Å². The van der Waals surface area contributed by atoms with Gasteiger partial charge in [0.25, 0.3) is 5.91 Å². The molecule has 0 saturated heterocycles. The number of amides is 1. The van der Waals surface area contributed by atoms with Gasteiger partial charge in [-0.25, -0.2) is 0 Å². The summed E-state index contributed by atoms with van der Waals surface area (Å²) in [7, 11) is 0. The first-order valence-corrected chi connectivity index (χ1v) is 5.87. The van der Waals surface area contributed by atoms with Gasteiger partial charge in [-0.3, -0.25) is 9.59 Å². The standard InChI is InChI=1S/C11H12N2O2S/c1-2-6-16-7-5-13-11(15)9-8-12-4-3-10(9)14/h1,3-4,8H,5-7H2,(H,12,14)(H,13,15). The normalized spacial score (nSPS) is 9.44. The molecule has 0 saturated carbocycles. The summed E-state index contributed by atoms with van der Waals surface area (Å²) < 4.78 is 0. The number of aromatic amines is 1. The Balaban J connectivity index is 2.40. The van der Waals surface area contributed by atoms with Crippen molar-refractivity contribution < 1.29 is 4.79 Å². The SMILES string of the molecule is C#CCSCCNC(=O)c1c[nH]ccc1=O. The predicted octanol–water partition coefficient (Wildman–Crippen LogP) is 0.471. The third-order valence-electron chi connectivity index (χ3n) is 1.79. The number of thioether (sulfide) groups is 1. The van der Waals surface area contributed by atoms with Crippen molar-refractivity contribution >= 4 is 17.7 Å². The van der Waals surface area contributed by atoms with Crippen LogP contribution in [0.2, 0.25) is 0 Å². The van der Waals surface area contributed by atoms with E-state index in [1.54, 1.807) is 11.8 Å². The van der Waals surface area contributed by atoms with E-state index >= 15 is 0 Å². The first-order chi connectivity index (χ1) is 7.75. The number of H-pyrrole nitrogens is 1. The Morgan fingerprint density at radius 3 is 3.12 bits per heavy atom. The fraction of sp³-hybridized carbons (Fsp3) is 0.273. The predicted molar refractivity (Wildman–Crippen MR) is 65.6 cm³/mol. The lowest BCUT2D eigenvalue weighted by molar-refractivity contribution is 0.0955. The van der Waals surface area contributed by atoms with Gasteiger partial charge >= 0.3 is 0 Å². The minimum atomic E-state index is -0.358. The average Bonchev–Trinajstić information content (AvgIpc) is 2.29. The molecule has 84 valence electrons. The number of aromatic nitrogens is 1. The van der Waals surface area contributed by atoms with E-state index in [4.69, 9.17) is 6.42 Å². The second kappa shape index (κ2) is 6.75. The molecule has 1 heterocycles. The molecule has 0 fully saturated rings. The number of hydrogen-bond donors (Lipinski definition) is 2. The maximum Gasteiger partial charge on any atom is 0.256 e. The topological polar surface area (TPSA) is 62.0 Å². The molecule has 2 N–H and O–H groups in total. The van der Waals surface area contributed by atoms with Crippen LogP contribution in [-0.2, 0) is 0 Å². The molecule has 5 heteroatoms. The number of rotatable bonds is 5. The van der Waals surface area contributed by atoms with E-state index in [0.29, 0.717) is 12.3 Å². The van der Waals surface area contributed by atoms with Crippen LogP contribution in [0.3, 0.4) is 0 Å². The van der Waals surface area contributed by atoms with Crippen LogP contribution in [0.1, 0.15) is 10.4 Å². The van der Waals surface area contributed by atoms with Crippen molar-refractivity contribution in [3.8, 4) is 12.3 Å². The molecule has 1 rings (SSSR count). The van der Waals surface area contributed by atoms with Crippen molar-refractivity contribution in [1.82, 2.24) is 10.3 Å². The van der Waals surface area contributed by atoms with E-state index < -0.39 is 0 Å². The van der Waals surface area contributed by atoms with Gasteiger partial charge in [-0.2, -0.15) is 0 Å². The summed E-state index contributed by atoms with van der Waals surface area (Å²) in [6.45, 7) is 0.500. The minimum absolute atomic E-state index is 0.129. The van der Waals surface area contributed by atoms with Crippen molar-refractivity contribution in [3.05, 3.63) is 34.2 Å². The molecule has 1 amide bonds. The zero-order valence-corrected chi connectivity index (χ0v) is 9.47. The van der Waals surface area contributed by atoms with Gasteiger partial charge in [-0.15, -0.1) is 18.2 Å². The maximum absolute atomic E-state index is 11.5. The lowest BCUT2D eigenvalue weighted by Gasteiger charge is -2.03. The fourth-order valence-corrected chi connectivity index (χ4v) is 1.57. The van der Waals surface area contributed by atoms with E-state index in [0.717, 1.165) is 5.75 Å². The Labute approximate surface area is 97.8 Å². The summed E-state index contributed by atoms with van der Waals surface area (Å²) in [6.07, 6.45) is 7.96. The van der Waals surface area contributed by atoms with Crippen molar-refractivity contribution in [2.24, 2.45) is 0 Å². The number of terminal acetylenes is 1. The summed E-state index contributed by atoms with van der Waals surface area (Å²) in [6, 6.07) is 1.32. The van der Waals surface area contributed by atoms with E-state index in [1.807, 2.05) is 0 Å². The highest BCUT2D eigenvalue weighted by Gasteiger charge is 2.07. The van der Waals surface area contributed by atoms with Crippen LogP contribution in [0, 0.1) is 12.3 Å². The summed E-state index contributed by atoms with van der Waals surface area (Å²) >= 11 is 1.56. The summed E-state index contributed by atoms with van der Waals surface area (Å²) in [5, 5.41) is 2.65. The van der Waals surface area contributed by atoms with Gasteiger partial charge in [0.05, 0.1) is 5.75 Å². The van der Waals surface area contributed by atoms with Gasteiger partial charge in [-0.1, -0.05) is 5.92 Å². The number of carbonyl (C=O) groups excluding carboxylic acids is 1. The van der Waals surface area contributed by atoms with Gasteiger partial charge in [-0.05, 0) is 0 Å². The number of nitrogens with one attached hydrogen (secondary N) is 2. The summed E-state index contributed by atoms with van der Waals surface area (Å²) in [5.74, 6) is 3.50. The van der Waals surface area contributed by atoms with Gasteiger partial charge in [0.15, 0.2) is 5.43 Å². The lowest BCUT2D eigenvalue weighted by atomic mass is 10.2. The molecular weight excluding hydrogens is 224 g/mol. The molecule has 0 aliphatic heterocycles. The molecular formula is C11H12N2O2S. The van der Waals surface area contributed by atoms with Crippen LogP contribution in [0.15, 0.2) is 23.3 Å². The van der Waals surface area contributed by atoms with E-state index in [-0.39, 0.29) is 16.9 Å². The first-order valence-electron chi connectivity index (χ1n) is 4.72. The molecule has 16 heavy (non-hydrogen) atoms. The average molecular weight is 236 g/mol. The Hall–Kier alpha value is -1.67. The number of hydrogen-bond acceptors (Lipinski definition) is 3. The van der Waals surface area contributed by atoms with Crippen LogP contribution < -0.4 is 10.7 Å². The maximum atomic E-state index is 11.5. The quantitative estimate of drug-likeness (QED) is 0.577. The highest BCUT2D eigenvalue weighted by Crippen LogP contribution is 1.96. The molecule has 4 nitrogen and oxygen atoms in total. The van der Waals surface area contributed by atoms with Crippen LogP contribution in [-0.4, -0.2) is 28.9 Å². The van der Waals surface area contributed by atoms with Crippen LogP contribution in [0.4, 0.5) is 0 Å². The summed E-state index contributed by atoms with van der Waals surface area (Å²) in [5.41, 5.74) is -0.156. The van der Waals surface area contributed by atoms with E-state index in [1.165, 1.54) is 18.5 Å². The first kappa shape index (κ1) is 12.4. The van der Waals surface area contributed by atoms with Crippen molar-refractivity contribution in [2.45, 2.75) is 0 Å². The number of carbonyl (C=O) groups is 1. The zero-order chi connectivity index (χ0) is 11.8. The molecule has 0 spiro atoms. The van der Waals surface area contributed by atoms with Crippen molar-refractivity contribution in [3.63, 3.8) is 0 Å². The second-order valence-electron chi connectivity index (χ2n) is 2.93. The van der Waals surface area contributed by atoms with Gasteiger partial charge in [0, 0.05) is 30.8 Å². The van der Waals surface area contributed by atoms with Gasteiger partial charge < -0.3 is 10.3 Å². The molecule has 1 aromatic rings. The fourth-order valence-electron chi connectivity index (χ4n) is 1.06. The minimum Gasteiger partial charge on any atom is -0.367 e. The monoisotopic (exact) mass is 236 g/mol. The smallest absolute Gasteiger partial charge is 0.256 e. The van der Waals surface area contributed by atoms with Crippen LogP contribution in [0.25, 0.3) is 0 Å². The van der Waals surface area contributed by atoms with Crippen molar-refractivity contribution in [1.29, 1.82) is 0 Å². The molecule has 0 atom stereocenters. The Morgan fingerprint density at radius 1 is 1.62 bits per heavy atom. The molecule has 0 aromatic carbocycles. The molecule has 0 aliphatic carbocycles. The third kappa shape index (κ3) is 3.83. The molecule has 0 radical (unpaired) electrons. The van der Waals surface area contributed by atoms with Gasteiger partial charge in [0.2, 0.25) is 0 Å². The number of pyridine rings is 1. The Bertz CT molecular complexity index is 448. The van der Waals surface area contributed by atoms with Crippen LogP contribution >= 0.6 is 11.8 Å². The highest BCUT2D eigenvalue weighted by molar-refractivity contribution is 7.99. The molecule has 0 unspecified atom stereocenters. The zero-order valence-electron chi connectivity index (χ0n) is 8.66.